The zero-order valence-electron chi connectivity index (χ0n) is 15.8. The Morgan fingerprint density at radius 2 is 2.04 bits per heavy atom. The molecule has 2 fully saturated rings. The molecule has 0 aromatic heterocycles. The maximum Gasteiger partial charge on any atom is 0.317 e. The molecule has 3 rings (SSSR count). The van der Waals surface area contributed by atoms with Gasteiger partial charge in [0.2, 0.25) is 0 Å². The zero-order valence-corrected chi connectivity index (χ0v) is 15.8. The van der Waals surface area contributed by atoms with Gasteiger partial charge >= 0.3 is 12.0 Å². The van der Waals surface area contributed by atoms with Gasteiger partial charge in [-0.05, 0) is 37.8 Å². The van der Waals surface area contributed by atoms with E-state index in [-0.39, 0.29) is 36.8 Å². The van der Waals surface area contributed by atoms with Crippen molar-refractivity contribution in [2.24, 2.45) is 0 Å². The van der Waals surface area contributed by atoms with Crippen molar-refractivity contribution < 1.29 is 19.4 Å². The number of carboxylic acid groups (broad SMARTS) is 1. The molecule has 1 heterocycles. The molecule has 0 radical (unpaired) electrons. The number of amides is 2. The second-order valence-corrected chi connectivity index (χ2v) is 7.34. The maximum absolute atomic E-state index is 12.5. The molecule has 3 N–H and O–H groups in total. The highest BCUT2D eigenvalue weighted by molar-refractivity contribution is 5.75. The molecule has 7 nitrogen and oxygen atoms in total. The van der Waals surface area contributed by atoms with E-state index < -0.39 is 5.97 Å². The second kappa shape index (κ2) is 9.19. The Morgan fingerprint density at radius 3 is 2.63 bits per heavy atom. The number of carboxylic acids is 1. The minimum absolute atomic E-state index is 0.00145. The number of benzene rings is 1. The number of aliphatic carboxylic acids is 1. The first-order valence-electron chi connectivity index (χ1n) is 9.76. The van der Waals surface area contributed by atoms with Gasteiger partial charge in [0.05, 0.1) is 18.7 Å². The molecule has 1 saturated carbocycles. The summed E-state index contributed by atoms with van der Waals surface area (Å²) < 4.78 is 5.81. The molecular weight excluding hydrogens is 346 g/mol. The van der Waals surface area contributed by atoms with Gasteiger partial charge in [-0.15, -0.1) is 0 Å². The summed E-state index contributed by atoms with van der Waals surface area (Å²) in [4.78, 5) is 25.4. The fourth-order valence-electron chi connectivity index (χ4n) is 3.96. The van der Waals surface area contributed by atoms with Gasteiger partial charge in [0, 0.05) is 18.7 Å². The Balaban J connectivity index is 1.51. The van der Waals surface area contributed by atoms with Crippen LogP contribution in [0.25, 0.3) is 0 Å². The topological polar surface area (TPSA) is 90.9 Å². The number of carbonyl (C=O) groups is 2. The van der Waals surface area contributed by atoms with E-state index >= 15 is 0 Å². The van der Waals surface area contributed by atoms with Crippen LogP contribution in [-0.2, 0) is 9.53 Å². The van der Waals surface area contributed by atoms with Crippen LogP contribution in [0.3, 0.4) is 0 Å². The first-order chi connectivity index (χ1) is 13.1. The van der Waals surface area contributed by atoms with E-state index in [1.54, 1.807) is 0 Å². The zero-order chi connectivity index (χ0) is 19.2. The number of nitrogens with one attached hydrogen (secondary N) is 2. The molecule has 0 bridgehead atoms. The third-order valence-electron chi connectivity index (χ3n) is 5.49. The normalized spacial score (nSPS) is 25.6. The standard InChI is InChI=1S/C20H29N3O4/c1-2-23(13-18(24)25)16-11-15(12-16)21-20(26)22-19(17-9-6-10-27-17)14-7-4-3-5-8-14/h3-5,7-8,15-17,19H,2,6,9-13H2,1H3,(H,24,25)(H2,21,22,26). The molecule has 1 aliphatic carbocycles. The summed E-state index contributed by atoms with van der Waals surface area (Å²) in [6.07, 6.45) is 3.51. The number of rotatable bonds is 8. The van der Waals surface area contributed by atoms with Crippen LogP contribution in [0.15, 0.2) is 30.3 Å². The summed E-state index contributed by atoms with van der Waals surface area (Å²) in [6.45, 7) is 3.45. The molecule has 2 atom stereocenters. The number of likely N-dealkylation sites (N-methyl/N-ethyl adjacent to an activating group) is 1. The Morgan fingerprint density at radius 1 is 1.30 bits per heavy atom. The highest BCUT2D eigenvalue weighted by atomic mass is 16.5. The molecule has 2 amide bonds. The van der Waals surface area contributed by atoms with Crippen molar-refractivity contribution in [3.63, 3.8) is 0 Å². The summed E-state index contributed by atoms with van der Waals surface area (Å²) in [5.41, 5.74) is 1.05. The fraction of sp³-hybridized carbons (Fsp3) is 0.600. The van der Waals surface area contributed by atoms with Crippen LogP contribution in [0.4, 0.5) is 4.79 Å². The monoisotopic (exact) mass is 375 g/mol. The van der Waals surface area contributed by atoms with Crippen LogP contribution >= 0.6 is 0 Å². The molecule has 1 aromatic carbocycles. The first kappa shape index (κ1) is 19.6. The van der Waals surface area contributed by atoms with E-state index in [1.807, 2.05) is 42.2 Å². The largest absolute Gasteiger partial charge is 0.480 e. The van der Waals surface area contributed by atoms with Crippen LogP contribution < -0.4 is 10.6 Å². The molecule has 0 spiro atoms. The predicted molar refractivity (Wildman–Crippen MR) is 102 cm³/mol. The third-order valence-corrected chi connectivity index (χ3v) is 5.49. The Hall–Kier alpha value is -2.12. The van der Waals surface area contributed by atoms with Crippen molar-refractivity contribution in [1.29, 1.82) is 0 Å². The number of carbonyl (C=O) groups excluding carboxylic acids is 1. The molecule has 1 saturated heterocycles. The Labute approximate surface area is 160 Å². The lowest BCUT2D eigenvalue weighted by molar-refractivity contribution is -0.139. The summed E-state index contributed by atoms with van der Waals surface area (Å²) in [6, 6.07) is 9.87. The lowest BCUT2D eigenvalue weighted by Gasteiger charge is -2.42. The van der Waals surface area contributed by atoms with Gasteiger partial charge in [0.25, 0.3) is 0 Å². The van der Waals surface area contributed by atoms with Crippen molar-refractivity contribution in [1.82, 2.24) is 15.5 Å². The van der Waals surface area contributed by atoms with Crippen molar-refractivity contribution in [3.8, 4) is 0 Å². The molecule has 148 valence electrons. The van der Waals surface area contributed by atoms with Crippen molar-refractivity contribution >= 4 is 12.0 Å². The van der Waals surface area contributed by atoms with Crippen LogP contribution in [0, 0.1) is 0 Å². The van der Waals surface area contributed by atoms with E-state index in [2.05, 4.69) is 10.6 Å². The van der Waals surface area contributed by atoms with Crippen molar-refractivity contribution in [3.05, 3.63) is 35.9 Å². The van der Waals surface area contributed by atoms with Crippen LogP contribution in [0.2, 0.25) is 0 Å². The maximum atomic E-state index is 12.5. The van der Waals surface area contributed by atoms with E-state index in [0.29, 0.717) is 6.54 Å². The average Bonchev–Trinajstić information content (AvgIpc) is 3.15. The number of urea groups is 1. The third kappa shape index (κ3) is 5.20. The first-order valence-corrected chi connectivity index (χ1v) is 9.76. The molecule has 7 heteroatoms. The SMILES string of the molecule is CCN(CC(=O)O)C1CC(NC(=O)NC(c2ccccc2)C2CCCO2)C1. The minimum atomic E-state index is -0.812. The summed E-state index contributed by atoms with van der Waals surface area (Å²) in [5, 5.41) is 15.1. The molecule has 2 unspecified atom stereocenters. The van der Waals surface area contributed by atoms with E-state index in [9.17, 15) is 9.59 Å². The van der Waals surface area contributed by atoms with Gasteiger partial charge in [-0.1, -0.05) is 37.3 Å². The molecule has 27 heavy (non-hydrogen) atoms. The fourth-order valence-corrected chi connectivity index (χ4v) is 3.96. The highest BCUT2D eigenvalue weighted by Crippen LogP contribution is 2.28. The predicted octanol–water partition coefficient (Wildman–Crippen LogP) is 2.14. The Bertz CT molecular complexity index is 627. The lowest BCUT2D eigenvalue weighted by Crippen LogP contribution is -2.57. The Kier molecular flexibility index (Phi) is 6.68. The van der Waals surface area contributed by atoms with E-state index in [1.165, 1.54) is 0 Å². The molecular formula is C20H29N3O4. The smallest absolute Gasteiger partial charge is 0.317 e. The highest BCUT2D eigenvalue weighted by Gasteiger charge is 2.35. The molecule has 1 aliphatic heterocycles. The van der Waals surface area contributed by atoms with Crippen LogP contribution in [0.1, 0.15) is 44.2 Å². The van der Waals surface area contributed by atoms with E-state index in [4.69, 9.17) is 9.84 Å². The van der Waals surface area contributed by atoms with Gasteiger partial charge in [-0.3, -0.25) is 9.69 Å². The van der Waals surface area contributed by atoms with Crippen molar-refractivity contribution in [2.45, 2.75) is 56.8 Å². The van der Waals surface area contributed by atoms with Gasteiger partial charge in [0.1, 0.15) is 0 Å². The number of hydrogen-bond acceptors (Lipinski definition) is 4. The van der Waals surface area contributed by atoms with Gasteiger partial charge < -0.3 is 20.5 Å². The number of hydrogen-bond donors (Lipinski definition) is 3. The van der Waals surface area contributed by atoms with E-state index in [0.717, 1.165) is 37.9 Å². The quantitative estimate of drug-likeness (QED) is 0.648. The molecule has 2 aliphatic rings. The van der Waals surface area contributed by atoms with Crippen molar-refractivity contribution in [2.75, 3.05) is 19.7 Å². The van der Waals surface area contributed by atoms with Crippen LogP contribution in [-0.4, -0.2) is 59.9 Å². The summed E-state index contributed by atoms with van der Waals surface area (Å²) in [7, 11) is 0. The average molecular weight is 375 g/mol. The van der Waals surface area contributed by atoms with Gasteiger partial charge in [-0.25, -0.2) is 4.79 Å². The van der Waals surface area contributed by atoms with Crippen LogP contribution in [0.5, 0.6) is 0 Å². The molecule has 1 aromatic rings. The summed E-state index contributed by atoms with van der Waals surface area (Å²) >= 11 is 0. The number of ether oxygens (including phenoxy) is 1. The summed E-state index contributed by atoms with van der Waals surface area (Å²) in [5.74, 6) is -0.812. The lowest BCUT2D eigenvalue weighted by atomic mass is 9.85. The minimum Gasteiger partial charge on any atom is -0.480 e. The van der Waals surface area contributed by atoms with Gasteiger partial charge in [0.15, 0.2) is 0 Å². The van der Waals surface area contributed by atoms with Gasteiger partial charge in [-0.2, -0.15) is 0 Å². The number of nitrogens with zero attached hydrogens (tertiary/aromatic N) is 1. The second-order valence-electron chi connectivity index (χ2n) is 7.34.